The lowest BCUT2D eigenvalue weighted by Gasteiger charge is -2.20. The molecule has 0 aliphatic heterocycles. The molecule has 90 valence electrons. The van der Waals surface area contributed by atoms with Crippen LogP contribution in [0.5, 0.6) is 5.75 Å². The van der Waals surface area contributed by atoms with Crippen molar-refractivity contribution in [2.75, 3.05) is 7.11 Å². The van der Waals surface area contributed by atoms with E-state index >= 15 is 0 Å². The summed E-state index contributed by atoms with van der Waals surface area (Å²) in [5.41, 5.74) is 0.538. The number of ether oxygens (including phenoxy) is 1. The van der Waals surface area contributed by atoms with Crippen molar-refractivity contribution < 1.29 is 9.84 Å². The summed E-state index contributed by atoms with van der Waals surface area (Å²) in [6.45, 7) is 3.46. The van der Waals surface area contributed by atoms with Crippen molar-refractivity contribution in [1.29, 1.82) is 0 Å². The molecule has 0 fully saturated rings. The molecule has 0 radical (unpaired) electrons. The number of rotatable bonds is 2. The maximum Gasteiger partial charge on any atom is 0.145 e. The van der Waals surface area contributed by atoms with Crippen LogP contribution in [0, 0.1) is 0 Å². The number of hydrogen-bond donors (Lipinski definition) is 1. The van der Waals surface area contributed by atoms with Crippen LogP contribution in [0.4, 0.5) is 0 Å². The number of halogens is 1. The average molecular weight is 252 g/mol. The van der Waals surface area contributed by atoms with Gasteiger partial charge < -0.3 is 9.84 Å². The fraction of sp³-hybridized carbons (Fsp3) is 0.308. The normalized spacial score (nSPS) is 11.8. The van der Waals surface area contributed by atoms with Gasteiger partial charge in [0.15, 0.2) is 0 Å². The lowest BCUT2D eigenvalue weighted by Crippen LogP contribution is -2.16. The first-order valence-electron chi connectivity index (χ1n) is 5.28. The zero-order valence-corrected chi connectivity index (χ0v) is 10.7. The molecule has 17 heavy (non-hydrogen) atoms. The molecule has 0 aliphatic carbocycles. The van der Waals surface area contributed by atoms with Crippen molar-refractivity contribution in [3.8, 4) is 5.75 Å². The van der Waals surface area contributed by atoms with Crippen molar-refractivity contribution in [3.63, 3.8) is 0 Å². The minimum Gasteiger partial charge on any atom is -0.494 e. The molecule has 0 amide bonds. The van der Waals surface area contributed by atoms with E-state index in [0.29, 0.717) is 16.3 Å². The third-order valence-corrected chi connectivity index (χ3v) is 2.87. The Balaban J connectivity index is 2.84. The number of methoxy groups -OCH3 is 1. The Labute approximate surface area is 105 Å². The largest absolute Gasteiger partial charge is 0.494 e. The van der Waals surface area contributed by atoms with E-state index in [-0.39, 0.29) is 0 Å². The van der Waals surface area contributed by atoms with Crippen molar-refractivity contribution in [2.24, 2.45) is 0 Å². The first kappa shape index (κ1) is 12.1. The minimum absolute atomic E-state index is 0.538. The molecule has 0 saturated heterocycles. The summed E-state index contributed by atoms with van der Waals surface area (Å²) < 4.78 is 5.25. The van der Waals surface area contributed by atoms with Crippen LogP contribution in [0.1, 0.15) is 19.4 Å². The number of fused-ring (bicyclic) bond motifs is 1. The maximum atomic E-state index is 10.1. The maximum absolute atomic E-state index is 10.1. The molecule has 0 bridgehead atoms. The van der Waals surface area contributed by atoms with Crippen LogP contribution < -0.4 is 4.74 Å². The smallest absolute Gasteiger partial charge is 0.145 e. The van der Waals surface area contributed by atoms with Gasteiger partial charge in [0, 0.05) is 11.6 Å². The van der Waals surface area contributed by atoms with E-state index in [4.69, 9.17) is 16.3 Å². The van der Waals surface area contributed by atoms with Crippen molar-refractivity contribution in [3.05, 3.63) is 35.0 Å². The van der Waals surface area contributed by atoms with Gasteiger partial charge in [-0.3, -0.25) is 4.98 Å². The van der Waals surface area contributed by atoms with E-state index in [1.165, 1.54) is 0 Å². The summed E-state index contributed by atoms with van der Waals surface area (Å²) >= 11 is 5.95. The number of nitrogens with zero attached hydrogens (tertiary/aromatic N) is 1. The number of benzene rings is 1. The Bertz CT molecular complexity index is 561. The monoisotopic (exact) mass is 251 g/mol. The van der Waals surface area contributed by atoms with E-state index in [0.717, 1.165) is 10.9 Å². The van der Waals surface area contributed by atoms with Gasteiger partial charge >= 0.3 is 0 Å². The van der Waals surface area contributed by atoms with Crippen LogP contribution in [0.15, 0.2) is 24.4 Å². The average Bonchev–Trinajstić information content (AvgIpc) is 2.25. The molecule has 1 N–H and O–H groups in total. The molecule has 4 heteroatoms. The van der Waals surface area contributed by atoms with Gasteiger partial charge in [-0.15, -0.1) is 0 Å². The van der Waals surface area contributed by atoms with E-state index in [9.17, 15) is 5.11 Å². The first-order valence-corrected chi connectivity index (χ1v) is 5.66. The molecule has 2 rings (SSSR count). The topological polar surface area (TPSA) is 42.4 Å². The first-order chi connectivity index (χ1) is 7.93. The Kier molecular flexibility index (Phi) is 2.98. The SMILES string of the molecule is COc1ccc(C(C)(C)O)c2cc(Cl)cnc12. The lowest BCUT2D eigenvalue weighted by atomic mass is 9.94. The molecule has 0 saturated carbocycles. The fourth-order valence-electron chi connectivity index (χ4n) is 1.87. The lowest BCUT2D eigenvalue weighted by molar-refractivity contribution is 0.0801. The highest BCUT2D eigenvalue weighted by atomic mass is 35.5. The minimum atomic E-state index is -0.948. The highest BCUT2D eigenvalue weighted by Gasteiger charge is 2.20. The Morgan fingerprint density at radius 2 is 2.06 bits per heavy atom. The summed E-state index contributed by atoms with van der Waals surface area (Å²) in [5.74, 6) is 0.671. The molecule has 0 spiro atoms. The van der Waals surface area contributed by atoms with Crippen molar-refractivity contribution in [1.82, 2.24) is 4.98 Å². The number of aromatic nitrogens is 1. The van der Waals surface area contributed by atoms with E-state index in [2.05, 4.69) is 4.98 Å². The molecule has 3 nitrogen and oxygen atoms in total. The molecule has 1 heterocycles. The second-order valence-corrected chi connectivity index (χ2v) is 4.86. The van der Waals surface area contributed by atoms with E-state index < -0.39 is 5.60 Å². The summed E-state index contributed by atoms with van der Waals surface area (Å²) in [5, 5.41) is 11.5. The molecular weight excluding hydrogens is 238 g/mol. The van der Waals surface area contributed by atoms with Crippen LogP contribution in [0.2, 0.25) is 5.02 Å². The third kappa shape index (κ3) is 2.21. The molecule has 0 aliphatic rings. The molecule has 2 aromatic rings. The molecule has 0 atom stereocenters. The Hall–Kier alpha value is -1.32. The fourth-order valence-corrected chi connectivity index (χ4v) is 2.02. The quantitative estimate of drug-likeness (QED) is 0.892. The van der Waals surface area contributed by atoms with Crippen molar-refractivity contribution >= 4 is 22.5 Å². The summed E-state index contributed by atoms with van der Waals surface area (Å²) in [7, 11) is 1.59. The molecular formula is C13H14ClNO2. The van der Waals surface area contributed by atoms with Crippen molar-refractivity contribution in [2.45, 2.75) is 19.4 Å². The second-order valence-electron chi connectivity index (χ2n) is 4.42. The van der Waals surface area contributed by atoms with Crippen LogP contribution in [-0.4, -0.2) is 17.2 Å². The predicted molar refractivity (Wildman–Crippen MR) is 68.5 cm³/mol. The van der Waals surface area contributed by atoms with Crippen LogP contribution >= 0.6 is 11.6 Å². The van der Waals surface area contributed by atoms with E-state index in [1.54, 1.807) is 39.3 Å². The van der Waals surface area contributed by atoms with Crippen LogP contribution in [0.3, 0.4) is 0 Å². The summed E-state index contributed by atoms with van der Waals surface area (Å²) in [6.07, 6.45) is 1.57. The number of aliphatic hydroxyl groups is 1. The highest BCUT2D eigenvalue weighted by molar-refractivity contribution is 6.31. The summed E-state index contributed by atoms with van der Waals surface area (Å²) in [6, 6.07) is 5.43. The van der Waals surface area contributed by atoms with E-state index in [1.807, 2.05) is 6.07 Å². The van der Waals surface area contributed by atoms with Gasteiger partial charge in [-0.05, 0) is 31.5 Å². The van der Waals surface area contributed by atoms with Gasteiger partial charge in [0.25, 0.3) is 0 Å². The summed E-state index contributed by atoms with van der Waals surface area (Å²) in [4.78, 5) is 4.26. The standard InChI is InChI=1S/C13H14ClNO2/c1-13(2,16)10-4-5-11(17-3)12-9(10)6-8(14)7-15-12/h4-7,16H,1-3H3. The van der Waals surface area contributed by atoms with Gasteiger partial charge in [-0.1, -0.05) is 17.7 Å². The van der Waals surface area contributed by atoms with Crippen LogP contribution in [-0.2, 0) is 5.60 Å². The third-order valence-electron chi connectivity index (χ3n) is 2.66. The second kappa shape index (κ2) is 4.17. The molecule has 0 unspecified atom stereocenters. The predicted octanol–water partition coefficient (Wildman–Crippen LogP) is 3.12. The van der Waals surface area contributed by atoms with Crippen LogP contribution in [0.25, 0.3) is 10.9 Å². The Morgan fingerprint density at radius 3 is 2.65 bits per heavy atom. The highest BCUT2D eigenvalue weighted by Crippen LogP contribution is 2.33. The molecule has 1 aromatic heterocycles. The number of pyridine rings is 1. The number of hydrogen-bond acceptors (Lipinski definition) is 3. The molecule has 1 aromatic carbocycles. The van der Waals surface area contributed by atoms with Gasteiger partial charge in [-0.2, -0.15) is 0 Å². The zero-order chi connectivity index (χ0) is 12.6. The van der Waals surface area contributed by atoms with Gasteiger partial charge in [0.1, 0.15) is 11.3 Å². The Morgan fingerprint density at radius 1 is 1.35 bits per heavy atom. The van der Waals surface area contributed by atoms with Gasteiger partial charge in [0.2, 0.25) is 0 Å². The zero-order valence-electron chi connectivity index (χ0n) is 9.99. The van der Waals surface area contributed by atoms with Gasteiger partial charge in [-0.25, -0.2) is 0 Å². The van der Waals surface area contributed by atoms with Gasteiger partial charge in [0.05, 0.1) is 17.7 Å².